The molecule has 0 radical (unpaired) electrons. The second-order valence-electron chi connectivity index (χ2n) is 3.61. The van der Waals surface area contributed by atoms with Gasteiger partial charge in [0.05, 0.1) is 6.61 Å². The highest BCUT2D eigenvalue weighted by Crippen LogP contribution is 2.17. The van der Waals surface area contributed by atoms with Crippen LogP contribution in [-0.2, 0) is 17.8 Å². The van der Waals surface area contributed by atoms with Crippen LogP contribution in [0.1, 0.15) is 22.3 Å². The highest BCUT2D eigenvalue weighted by Gasteiger charge is 2.03. The predicted molar refractivity (Wildman–Crippen MR) is 57.4 cm³/mol. The Bertz CT molecular complexity index is 274. The Kier molecular flexibility index (Phi) is 4.11. The van der Waals surface area contributed by atoms with E-state index >= 15 is 0 Å². The number of rotatable bonds is 4. The van der Waals surface area contributed by atoms with E-state index in [0.717, 1.165) is 6.42 Å². The molecule has 1 aromatic rings. The third-order valence-electron chi connectivity index (χ3n) is 2.48. The zero-order valence-electron chi connectivity index (χ0n) is 9.13. The van der Waals surface area contributed by atoms with Gasteiger partial charge in [0.1, 0.15) is 0 Å². The minimum absolute atomic E-state index is 0.212. The van der Waals surface area contributed by atoms with Crippen molar-refractivity contribution in [3.8, 4) is 0 Å². The van der Waals surface area contributed by atoms with Gasteiger partial charge in [-0.2, -0.15) is 0 Å². The van der Waals surface area contributed by atoms with Crippen LogP contribution in [0.2, 0.25) is 0 Å². The second-order valence-corrected chi connectivity index (χ2v) is 3.61. The molecule has 1 aromatic carbocycles. The number of methoxy groups -OCH3 is 1. The van der Waals surface area contributed by atoms with Gasteiger partial charge in [0.2, 0.25) is 0 Å². The van der Waals surface area contributed by atoms with Crippen LogP contribution < -0.4 is 0 Å². The minimum Gasteiger partial charge on any atom is -0.396 e. The van der Waals surface area contributed by atoms with E-state index in [1.807, 2.05) is 0 Å². The molecule has 0 heterocycles. The lowest BCUT2D eigenvalue weighted by atomic mass is 9.98. The average molecular weight is 194 g/mol. The highest BCUT2D eigenvalue weighted by molar-refractivity contribution is 5.37. The first kappa shape index (κ1) is 11.2. The molecule has 0 saturated carbocycles. The third-order valence-corrected chi connectivity index (χ3v) is 2.48. The largest absolute Gasteiger partial charge is 0.396 e. The fourth-order valence-electron chi connectivity index (χ4n) is 1.64. The highest BCUT2D eigenvalue weighted by atomic mass is 16.5. The van der Waals surface area contributed by atoms with Gasteiger partial charge >= 0.3 is 0 Å². The van der Waals surface area contributed by atoms with Gasteiger partial charge in [0.15, 0.2) is 0 Å². The summed E-state index contributed by atoms with van der Waals surface area (Å²) in [6.07, 6.45) is 0.736. The predicted octanol–water partition coefficient (Wildman–Crippen LogP) is 1.98. The van der Waals surface area contributed by atoms with Gasteiger partial charge in [-0.25, -0.2) is 0 Å². The molecule has 2 nitrogen and oxygen atoms in total. The summed E-state index contributed by atoms with van der Waals surface area (Å²) in [6, 6.07) is 4.28. The first-order valence-electron chi connectivity index (χ1n) is 4.87. The van der Waals surface area contributed by atoms with Crippen molar-refractivity contribution in [2.75, 3.05) is 13.7 Å². The average Bonchev–Trinajstić information content (AvgIpc) is 2.14. The fraction of sp³-hybridized carbons (Fsp3) is 0.500. The first-order valence-corrected chi connectivity index (χ1v) is 4.87. The Hall–Kier alpha value is -0.860. The lowest BCUT2D eigenvalue weighted by Crippen LogP contribution is -1.99. The van der Waals surface area contributed by atoms with Crippen LogP contribution in [0.4, 0.5) is 0 Å². The van der Waals surface area contributed by atoms with E-state index < -0.39 is 0 Å². The summed E-state index contributed by atoms with van der Waals surface area (Å²) < 4.78 is 5.11. The smallest absolute Gasteiger partial charge is 0.0715 e. The Morgan fingerprint density at radius 1 is 1.14 bits per heavy atom. The first-order chi connectivity index (χ1) is 6.69. The van der Waals surface area contributed by atoms with Crippen molar-refractivity contribution in [1.29, 1.82) is 0 Å². The standard InChI is InChI=1S/C12H18O2/c1-9-7-12(8-14-3)10(2)6-11(9)4-5-13/h6-7,13H,4-5,8H2,1-3H3. The van der Waals surface area contributed by atoms with E-state index in [4.69, 9.17) is 9.84 Å². The molecule has 1 rings (SSSR count). The van der Waals surface area contributed by atoms with Crippen LogP contribution in [0.15, 0.2) is 12.1 Å². The number of ether oxygens (including phenoxy) is 1. The van der Waals surface area contributed by atoms with Crippen LogP contribution in [0, 0.1) is 13.8 Å². The van der Waals surface area contributed by atoms with Gasteiger partial charge in [0.25, 0.3) is 0 Å². The van der Waals surface area contributed by atoms with Gasteiger partial charge < -0.3 is 9.84 Å². The van der Waals surface area contributed by atoms with Crippen molar-refractivity contribution in [3.05, 3.63) is 34.4 Å². The number of aliphatic hydroxyl groups excluding tert-OH is 1. The number of aliphatic hydroxyl groups is 1. The summed E-state index contributed by atoms with van der Waals surface area (Å²) in [5.41, 5.74) is 4.93. The molecule has 2 heteroatoms. The van der Waals surface area contributed by atoms with E-state index in [1.54, 1.807) is 7.11 Å². The summed E-state index contributed by atoms with van der Waals surface area (Å²) in [5.74, 6) is 0. The van der Waals surface area contributed by atoms with Gasteiger partial charge in [0, 0.05) is 13.7 Å². The monoisotopic (exact) mass is 194 g/mol. The van der Waals surface area contributed by atoms with E-state index in [2.05, 4.69) is 26.0 Å². The molecule has 0 spiro atoms. The quantitative estimate of drug-likeness (QED) is 0.794. The van der Waals surface area contributed by atoms with Crippen molar-refractivity contribution in [3.63, 3.8) is 0 Å². The zero-order chi connectivity index (χ0) is 10.6. The molecule has 0 saturated heterocycles. The van der Waals surface area contributed by atoms with Crippen LogP contribution >= 0.6 is 0 Å². The minimum atomic E-state index is 0.212. The lowest BCUT2D eigenvalue weighted by Gasteiger charge is -2.10. The van der Waals surface area contributed by atoms with E-state index in [1.165, 1.54) is 22.3 Å². The second kappa shape index (κ2) is 5.13. The van der Waals surface area contributed by atoms with Crippen molar-refractivity contribution < 1.29 is 9.84 Å². The van der Waals surface area contributed by atoms with Gasteiger partial charge in [-0.05, 0) is 42.5 Å². The summed E-state index contributed by atoms with van der Waals surface area (Å²) in [7, 11) is 1.70. The summed E-state index contributed by atoms with van der Waals surface area (Å²) >= 11 is 0. The van der Waals surface area contributed by atoms with Crippen LogP contribution in [0.5, 0.6) is 0 Å². The summed E-state index contributed by atoms with van der Waals surface area (Å²) in [6.45, 7) is 5.02. The Labute approximate surface area is 85.5 Å². The number of aryl methyl sites for hydroxylation is 2. The molecule has 0 amide bonds. The van der Waals surface area contributed by atoms with Crippen molar-refractivity contribution in [2.45, 2.75) is 26.9 Å². The van der Waals surface area contributed by atoms with Crippen LogP contribution in [0.25, 0.3) is 0 Å². The molecule has 0 bridgehead atoms. The molecule has 0 unspecified atom stereocenters. The van der Waals surface area contributed by atoms with E-state index in [-0.39, 0.29) is 6.61 Å². The molecule has 0 atom stereocenters. The van der Waals surface area contributed by atoms with Crippen LogP contribution in [0.3, 0.4) is 0 Å². The maximum Gasteiger partial charge on any atom is 0.0715 e. The molecule has 0 aliphatic carbocycles. The van der Waals surface area contributed by atoms with E-state index in [0.29, 0.717) is 6.61 Å². The van der Waals surface area contributed by atoms with Gasteiger partial charge in [-0.1, -0.05) is 12.1 Å². The summed E-state index contributed by atoms with van der Waals surface area (Å²) in [5, 5.41) is 8.88. The molecular formula is C12H18O2. The van der Waals surface area contributed by atoms with Crippen molar-refractivity contribution >= 4 is 0 Å². The topological polar surface area (TPSA) is 29.5 Å². The lowest BCUT2D eigenvalue weighted by molar-refractivity contribution is 0.184. The maximum absolute atomic E-state index is 8.88. The van der Waals surface area contributed by atoms with Gasteiger partial charge in [-0.15, -0.1) is 0 Å². The number of hydrogen-bond acceptors (Lipinski definition) is 2. The Morgan fingerprint density at radius 3 is 2.29 bits per heavy atom. The molecule has 78 valence electrons. The zero-order valence-corrected chi connectivity index (χ0v) is 9.13. The molecular weight excluding hydrogens is 176 g/mol. The molecule has 0 aliphatic heterocycles. The van der Waals surface area contributed by atoms with Gasteiger partial charge in [-0.3, -0.25) is 0 Å². The van der Waals surface area contributed by atoms with Crippen molar-refractivity contribution in [1.82, 2.24) is 0 Å². The molecule has 0 aliphatic rings. The molecule has 0 fully saturated rings. The van der Waals surface area contributed by atoms with E-state index in [9.17, 15) is 0 Å². The number of hydrogen-bond donors (Lipinski definition) is 1. The summed E-state index contributed by atoms with van der Waals surface area (Å²) in [4.78, 5) is 0. The maximum atomic E-state index is 8.88. The molecule has 0 aromatic heterocycles. The molecule has 1 N–H and O–H groups in total. The fourth-order valence-corrected chi connectivity index (χ4v) is 1.64. The van der Waals surface area contributed by atoms with Crippen molar-refractivity contribution in [2.24, 2.45) is 0 Å². The Morgan fingerprint density at radius 2 is 1.71 bits per heavy atom. The van der Waals surface area contributed by atoms with Crippen LogP contribution in [-0.4, -0.2) is 18.8 Å². The SMILES string of the molecule is COCc1cc(C)c(CCO)cc1C. The number of benzene rings is 1. The Balaban J connectivity index is 2.97. The third kappa shape index (κ3) is 2.56. The normalized spacial score (nSPS) is 10.6. The molecule has 14 heavy (non-hydrogen) atoms.